The van der Waals surface area contributed by atoms with Crippen molar-refractivity contribution in [2.75, 3.05) is 26.2 Å². The molecule has 3 heteroatoms. The zero-order valence-corrected chi connectivity index (χ0v) is 13.5. The number of ether oxygens (including phenoxy) is 1. The fraction of sp³-hybridized carbons (Fsp3) is 1.00. The Morgan fingerprint density at radius 3 is 2.63 bits per heavy atom. The Morgan fingerprint density at radius 1 is 1.21 bits per heavy atom. The average Bonchev–Trinajstić information content (AvgIpc) is 2.43. The van der Waals surface area contributed by atoms with Crippen molar-refractivity contribution in [3.05, 3.63) is 0 Å². The van der Waals surface area contributed by atoms with Gasteiger partial charge in [-0.1, -0.05) is 33.1 Å². The Hall–Kier alpha value is -0.120. The van der Waals surface area contributed by atoms with Crippen LogP contribution in [-0.2, 0) is 4.74 Å². The molecular weight excluding hydrogens is 236 g/mol. The third-order valence-electron chi connectivity index (χ3n) is 4.08. The highest BCUT2D eigenvalue weighted by Crippen LogP contribution is 2.16. The van der Waals surface area contributed by atoms with Gasteiger partial charge in [0.2, 0.25) is 0 Å². The molecule has 1 rings (SSSR count). The highest BCUT2D eigenvalue weighted by molar-refractivity contribution is 4.84. The lowest BCUT2D eigenvalue weighted by molar-refractivity contribution is -0.0567. The first-order valence-corrected chi connectivity index (χ1v) is 8.28. The highest BCUT2D eigenvalue weighted by Gasteiger charge is 2.28. The molecule has 0 amide bonds. The molecule has 1 aliphatic rings. The van der Waals surface area contributed by atoms with Gasteiger partial charge in [0.25, 0.3) is 0 Å². The van der Waals surface area contributed by atoms with Crippen LogP contribution in [0.4, 0.5) is 0 Å². The van der Waals surface area contributed by atoms with Crippen LogP contribution in [0.25, 0.3) is 0 Å². The molecular formula is C16H34N2O. The van der Waals surface area contributed by atoms with Crippen LogP contribution in [-0.4, -0.2) is 49.3 Å². The monoisotopic (exact) mass is 270 g/mol. The first-order valence-electron chi connectivity index (χ1n) is 8.28. The smallest absolute Gasteiger partial charge is 0.0855 e. The van der Waals surface area contributed by atoms with Crippen LogP contribution in [0, 0.1) is 0 Å². The summed E-state index contributed by atoms with van der Waals surface area (Å²) in [7, 11) is 0. The number of hydrogen-bond acceptors (Lipinski definition) is 3. The van der Waals surface area contributed by atoms with E-state index in [9.17, 15) is 0 Å². The maximum absolute atomic E-state index is 6.04. The van der Waals surface area contributed by atoms with Gasteiger partial charge < -0.3 is 10.1 Å². The number of nitrogens with zero attached hydrogens (tertiary/aromatic N) is 1. The van der Waals surface area contributed by atoms with Gasteiger partial charge in [0.1, 0.15) is 0 Å². The Balaban J connectivity index is 2.46. The number of nitrogens with one attached hydrogen (secondary N) is 1. The van der Waals surface area contributed by atoms with E-state index >= 15 is 0 Å². The summed E-state index contributed by atoms with van der Waals surface area (Å²) in [6.07, 6.45) is 6.78. The van der Waals surface area contributed by atoms with Gasteiger partial charge in [0, 0.05) is 25.2 Å². The number of morpholine rings is 1. The topological polar surface area (TPSA) is 24.5 Å². The molecule has 0 bridgehead atoms. The van der Waals surface area contributed by atoms with Crippen LogP contribution in [0.5, 0.6) is 0 Å². The largest absolute Gasteiger partial charge is 0.374 e. The van der Waals surface area contributed by atoms with Gasteiger partial charge in [0.15, 0.2) is 0 Å². The molecule has 1 N–H and O–H groups in total. The SMILES string of the molecule is CCCCCC(NCCC)C1CN(C(C)C)CCO1. The van der Waals surface area contributed by atoms with Crippen molar-refractivity contribution in [3.8, 4) is 0 Å². The standard InChI is InChI=1S/C16H34N2O/c1-5-7-8-9-15(17-10-6-2)16-13-18(14(3)4)11-12-19-16/h14-17H,5-13H2,1-4H3. The average molecular weight is 270 g/mol. The third-order valence-corrected chi connectivity index (χ3v) is 4.08. The molecule has 0 aliphatic carbocycles. The van der Waals surface area contributed by atoms with Crippen molar-refractivity contribution in [3.63, 3.8) is 0 Å². The van der Waals surface area contributed by atoms with E-state index in [0.29, 0.717) is 18.2 Å². The highest BCUT2D eigenvalue weighted by atomic mass is 16.5. The first kappa shape index (κ1) is 16.9. The summed E-state index contributed by atoms with van der Waals surface area (Å²) in [5.41, 5.74) is 0. The van der Waals surface area contributed by atoms with Gasteiger partial charge >= 0.3 is 0 Å². The quantitative estimate of drug-likeness (QED) is 0.652. The van der Waals surface area contributed by atoms with Crippen molar-refractivity contribution >= 4 is 0 Å². The lowest BCUT2D eigenvalue weighted by atomic mass is 10.0. The van der Waals surface area contributed by atoms with E-state index in [4.69, 9.17) is 4.74 Å². The van der Waals surface area contributed by atoms with E-state index in [-0.39, 0.29) is 0 Å². The van der Waals surface area contributed by atoms with E-state index < -0.39 is 0 Å². The van der Waals surface area contributed by atoms with E-state index in [0.717, 1.165) is 26.2 Å². The maximum Gasteiger partial charge on any atom is 0.0855 e. The molecule has 1 heterocycles. The fourth-order valence-corrected chi connectivity index (χ4v) is 2.77. The van der Waals surface area contributed by atoms with Gasteiger partial charge in [-0.15, -0.1) is 0 Å². The molecule has 2 unspecified atom stereocenters. The molecule has 0 aromatic carbocycles. The van der Waals surface area contributed by atoms with Crippen LogP contribution in [0.15, 0.2) is 0 Å². The molecule has 19 heavy (non-hydrogen) atoms. The van der Waals surface area contributed by atoms with Crippen molar-refractivity contribution in [1.29, 1.82) is 0 Å². The van der Waals surface area contributed by atoms with Crippen LogP contribution >= 0.6 is 0 Å². The molecule has 3 nitrogen and oxygen atoms in total. The molecule has 1 aliphatic heterocycles. The third kappa shape index (κ3) is 6.24. The first-order chi connectivity index (χ1) is 9.19. The number of rotatable bonds is 9. The molecule has 2 atom stereocenters. The van der Waals surface area contributed by atoms with E-state index in [1.807, 2.05) is 0 Å². The second-order valence-corrected chi connectivity index (χ2v) is 6.05. The zero-order valence-electron chi connectivity index (χ0n) is 13.5. The fourth-order valence-electron chi connectivity index (χ4n) is 2.77. The molecule has 0 saturated carbocycles. The summed E-state index contributed by atoms with van der Waals surface area (Å²) in [4.78, 5) is 2.55. The number of unbranched alkanes of at least 4 members (excludes halogenated alkanes) is 2. The Bertz CT molecular complexity index is 221. The van der Waals surface area contributed by atoms with Crippen LogP contribution in [0.2, 0.25) is 0 Å². The second kappa shape index (κ2) is 9.73. The minimum atomic E-state index is 0.375. The summed E-state index contributed by atoms with van der Waals surface area (Å²) in [6, 6.07) is 1.17. The molecule has 0 radical (unpaired) electrons. The van der Waals surface area contributed by atoms with Crippen LogP contribution in [0.1, 0.15) is 59.8 Å². The second-order valence-electron chi connectivity index (χ2n) is 6.05. The van der Waals surface area contributed by atoms with Crippen LogP contribution in [0.3, 0.4) is 0 Å². The lowest BCUT2D eigenvalue weighted by Crippen LogP contribution is -2.53. The summed E-state index contributed by atoms with van der Waals surface area (Å²) in [5, 5.41) is 3.71. The summed E-state index contributed by atoms with van der Waals surface area (Å²) in [5.74, 6) is 0. The molecule has 0 aromatic heterocycles. The Labute approximate surface area is 120 Å². The number of hydrogen-bond donors (Lipinski definition) is 1. The van der Waals surface area contributed by atoms with E-state index in [2.05, 4.69) is 37.9 Å². The predicted molar refractivity (Wildman–Crippen MR) is 82.7 cm³/mol. The van der Waals surface area contributed by atoms with Crippen LogP contribution < -0.4 is 5.32 Å². The molecule has 114 valence electrons. The van der Waals surface area contributed by atoms with Gasteiger partial charge in [-0.2, -0.15) is 0 Å². The molecule has 0 spiro atoms. The zero-order chi connectivity index (χ0) is 14.1. The normalized spacial score (nSPS) is 22.9. The lowest BCUT2D eigenvalue weighted by Gasteiger charge is -2.39. The van der Waals surface area contributed by atoms with Gasteiger partial charge in [-0.25, -0.2) is 0 Å². The van der Waals surface area contributed by atoms with Crippen molar-refractivity contribution in [2.45, 2.75) is 78.0 Å². The van der Waals surface area contributed by atoms with Crippen molar-refractivity contribution in [2.24, 2.45) is 0 Å². The summed E-state index contributed by atoms with van der Waals surface area (Å²) >= 11 is 0. The minimum Gasteiger partial charge on any atom is -0.374 e. The molecule has 1 fully saturated rings. The molecule has 0 aromatic rings. The van der Waals surface area contributed by atoms with Gasteiger partial charge in [-0.05, 0) is 33.2 Å². The molecule has 1 saturated heterocycles. The Morgan fingerprint density at radius 2 is 2.00 bits per heavy atom. The Kier molecular flexibility index (Phi) is 8.67. The maximum atomic E-state index is 6.04. The van der Waals surface area contributed by atoms with E-state index in [1.54, 1.807) is 0 Å². The summed E-state index contributed by atoms with van der Waals surface area (Å²) < 4.78 is 6.04. The summed E-state index contributed by atoms with van der Waals surface area (Å²) in [6.45, 7) is 13.3. The predicted octanol–water partition coefficient (Wildman–Crippen LogP) is 3.04. The van der Waals surface area contributed by atoms with Gasteiger partial charge in [-0.3, -0.25) is 4.90 Å². The van der Waals surface area contributed by atoms with Crippen molar-refractivity contribution in [1.82, 2.24) is 10.2 Å². The minimum absolute atomic E-state index is 0.375. The van der Waals surface area contributed by atoms with Crippen molar-refractivity contribution < 1.29 is 4.74 Å². The van der Waals surface area contributed by atoms with E-state index in [1.165, 1.54) is 32.1 Å². The van der Waals surface area contributed by atoms with Gasteiger partial charge in [0.05, 0.1) is 12.7 Å².